The van der Waals surface area contributed by atoms with Crippen molar-refractivity contribution in [1.82, 2.24) is 10.2 Å². The first-order chi connectivity index (χ1) is 10.4. The molecule has 3 rings (SSSR count). The molecule has 0 aromatic heterocycles. The van der Waals surface area contributed by atoms with Gasteiger partial charge in [0.15, 0.2) is 5.96 Å². The molecule has 1 saturated carbocycles. The lowest BCUT2D eigenvalue weighted by Crippen LogP contribution is -2.40. The smallest absolute Gasteiger partial charge is 0.193 e. The van der Waals surface area contributed by atoms with Crippen molar-refractivity contribution in [2.45, 2.75) is 58.0 Å². The summed E-state index contributed by atoms with van der Waals surface area (Å²) < 4.78 is 5.69. The van der Waals surface area contributed by atoms with Gasteiger partial charge in [-0.05, 0) is 50.9 Å². The Balaban J connectivity index is 0.00000176. The number of likely N-dealkylation sites (tertiary alicyclic amines) is 1. The van der Waals surface area contributed by atoms with Crippen LogP contribution in [0, 0.1) is 11.8 Å². The highest BCUT2D eigenvalue weighted by atomic mass is 127. The topological polar surface area (TPSA) is 36.9 Å². The molecule has 3 aliphatic rings. The highest BCUT2D eigenvalue weighted by Crippen LogP contribution is 2.35. The molecular weight excluding hydrogens is 389 g/mol. The van der Waals surface area contributed by atoms with Gasteiger partial charge in [-0.2, -0.15) is 0 Å². The average Bonchev–Trinajstić information content (AvgIpc) is 3.15. The Morgan fingerprint density at radius 1 is 1.14 bits per heavy atom. The van der Waals surface area contributed by atoms with Crippen molar-refractivity contribution >= 4 is 29.9 Å². The predicted octanol–water partition coefficient (Wildman–Crippen LogP) is 3.26. The number of aliphatic imine (C=N–C) groups is 1. The van der Waals surface area contributed by atoms with Crippen LogP contribution in [0.25, 0.3) is 0 Å². The third-order valence-corrected chi connectivity index (χ3v) is 5.35. The lowest BCUT2D eigenvalue weighted by atomic mass is 9.82. The first-order valence-electron chi connectivity index (χ1n) is 9.01. The zero-order valence-corrected chi connectivity index (χ0v) is 16.3. The third-order valence-electron chi connectivity index (χ3n) is 5.35. The summed E-state index contributed by atoms with van der Waals surface area (Å²) in [6, 6.07) is 0. The fourth-order valence-corrected chi connectivity index (χ4v) is 4.19. The Morgan fingerprint density at radius 3 is 2.45 bits per heavy atom. The molecule has 2 heterocycles. The molecule has 2 aliphatic heterocycles. The van der Waals surface area contributed by atoms with E-state index in [9.17, 15) is 0 Å². The Morgan fingerprint density at radius 2 is 1.86 bits per heavy atom. The second-order valence-electron chi connectivity index (χ2n) is 6.87. The molecule has 0 aromatic rings. The van der Waals surface area contributed by atoms with Gasteiger partial charge in [-0.1, -0.05) is 12.8 Å². The number of halogens is 1. The summed E-state index contributed by atoms with van der Waals surface area (Å²) >= 11 is 0. The molecule has 3 unspecified atom stereocenters. The molecule has 4 nitrogen and oxygen atoms in total. The predicted molar refractivity (Wildman–Crippen MR) is 102 cm³/mol. The van der Waals surface area contributed by atoms with E-state index in [1.165, 1.54) is 51.6 Å². The molecule has 2 saturated heterocycles. The standard InChI is InChI=1S/C17H31N3O.HI/c1-2-18-17(19-10-9-16-8-5-11-21-16)20-12-14-6-3-4-7-15(14)13-20;/h14-16H,2-13H2,1H3,(H,18,19);1H. The van der Waals surface area contributed by atoms with E-state index < -0.39 is 0 Å². The van der Waals surface area contributed by atoms with Crippen LogP contribution in [0.1, 0.15) is 51.9 Å². The first-order valence-corrected chi connectivity index (χ1v) is 9.01. The minimum atomic E-state index is 0. The molecular formula is C17H32IN3O. The van der Waals surface area contributed by atoms with Gasteiger partial charge >= 0.3 is 0 Å². The Kier molecular flexibility index (Phi) is 7.74. The van der Waals surface area contributed by atoms with Gasteiger partial charge in [-0.3, -0.25) is 4.99 Å². The number of ether oxygens (including phenoxy) is 1. The van der Waals surface area contributed by atoms with Gasteiger partial charge in [0.25, 0.3) is 0 Å². The normalized spacial score (nSPS) is 31.8. The van der Waals surface area contributed by atoms with Gasteiger partial charge in [0.2, 0.25) is 0 Å². The molecule has 0 bridgehead atoms. The van der Waals surface area contributed by atoms with E-state index in [0.29, 0.717) is 6.10 Å². The van der Waals surface area contributed by atoms with Crippen molar-refractivity contribution in [2.75, 3.05) is 32.8 Å². The van der Waals surface area contributed by atoms with E-state index in [2.05, 4.69) is 17.1 Å². The molecule has 22 heavy (non-hydrogen) atoms. The molecule has 0 amide bonds. The molecule has 3 fully saturated rings. The quantitative estimate of drug-likeness (QED) is 0.430. The Labute approximate surface area is 152 Å². The maximum Gasteiger partial charge on any atom is 0.193 e. The van der Waals surface area contributed by atoms with Crippen LogP contribution in [0.2, 0.25) is 0 Å². The van der Waals surface area contributed by atoms with Crippen LogP contribution < -0.4 is 5.32 Å². The third kappa shape index (κ3) is 4.73. The van der Waals surface area contributed by atoms with Gasteiger partial charge in [-0.25, -0.2) is 0 Å². The minimum Gasteiger partial charge on any atom is -0.378 e. The van der Waals surface area contributed by atoms with Crippen LogP contribution in [0.3, 0.4) is 0 Å². The summed E-state index contributed by atoms with van der Waals surface area (Å²) in [4.78, 5) is 7.38. The maximum absolute atomic E-state index is 5.69. The van der Waals surface area contributed by atoms with Crippen molar-refractivity contribution < 1.29 is 4.74 Å². The van der Waals surface area contributed by atoms with Crippen molar-refractivity contribution in [2.24, 2.45) is 16.8 Å². The van der Waals surface area contributed by atoms with E-state index in [-0.39, 0.29) is 24.0 Å². The summed E-state index contributed by atoms with van der Waals surface area (Å²) in [6.07, 6.45) is 9.70. The number of nitrogens with zero attached hydrogens (tertiary/aromatic N) is 2. The molecule has 0 spiro atoms. The highest BCUT2D eigenvalue weighted by molar-refractivity contribution is 14.0. The molecule has 3 atom stereocenters. The highest BCUT2D eigenvalue weighted by Gasteiger charge is 2.35. The number of fused-ring (bicyclic) bond motifs is 1. The van der Waals surface area contributed by atoms with Gasteiger partial charge in [0.1, 0.15) is 0 Å². The van der Waals surface area contributed by atoms with Gasteiger partial charge in [0.05, 0.1) is 6.10 Å². The molecule has 1 aliphatic carbocycles. The van der Waals surface area contributed by atoms with Gasteiger partial charge < -0.3 is 15.0 Å². The van der Waals surface area contributed by atoms with Crippen LogP contribution >= 0.6 is 24.0 Å². The lowest BCUT2D eigenvalue weighted by molar-refractivity contribution is 0.106. The average molecular weight is 421 g/mol. The number of rotatable bonds is 4. The van der Waals surface area contributed by atoms with Crippen molar-refractivity contribution in [3.63, 3.8) is 0 Å². The molecule has 0 radical (unpaired) electrons. The SMILES string of the molecule is CCNC(=NCCC1CCCO1)N1CC2CCCCC2C1.I. The fourth-order valence-electron chi connectivity index (χ4n) is 4.19. The minimum absolute atomic E-state index is 0. The summed E-state index contributed by atoms with van der Waals surface area (Å²) in [5, 5.41) is 3.49. The van der Waals surface area contributed by atoms with E-state index in [1.54, 1.807) is 0 Å². The number of nitrogens with one attached hydrogen (secondary N) is 1. The van der Waals surface area contributed by atoms with E-state index in [0.717, 1.165) is 43.9 Å². The number of hydrogen-bond donors (Lipinski definition) is 1. The van der Waals surface area contributed by atoms with E-state index in [4.69, 9.17) is 9.73 Å². The van der Waals surface area contributed by atoms with Crippen molar-refractivity contribution in [1.29, 1.82) is 0 Å². The van der Waals surface area contributed by atoms with Crippen LogP contribution in [-0.4, -0.2) is 49.7 Å². The Bertz CT molecular complexity index is 344. The number of hydrogen-bond acceptors (Lipinski definition) is 2. The van der Waals surface area contributed by atoms with Crippen molar-refractivity contribution in [3.8, 4) is 0 Å². The zero-order chi connectivity index (χ0) is 14.5. The van der Waals surface area contributed by atoms with Crippen LogP contribution in [0.5, 0.6) is 0 Å². The Hall–Kier alpha value is -0.0400. The first kappa shape index (κ1) is 18.3. The number of guanidine groups is 1. The van der Waals surface area contributed by atoms with Crippen molar-refractivity contribution in [3.05, 3.63) is 0 Å². The zero-order valence-electron chi connectivity index (χ0n) is 13.9. The summed E-state index contributed by atoms with van der Waals surface area (Å²) in [5.41, 5.74) is 0. The van der Waals surface area contributed by atoms with Gasteiger partial charge in [0, 0.05) is 32.8 Å². The van der Waals surface area contributed by atoms with Gasteiger partial charge in [-0.15, -0.1) is 24.0 Å². The molecule has 128 valence electrons. The fraction of sp³-hybridized carbons (Fsp3) is 0.941. The van der Waals surface area contributed by atoms with Crippen LogP contribution in [0.15, 0.2) is 4.99 Å². The summed E-state index contributed by atoms with van der Waals surface area (Å²) in [5.74, 6) is 2.98. The maximum atomic E-state index is 5.69. The largest absolute Gasteiger partial charge is 0.378 e. The molecule has 1 N–H and O–H groups in total. The second kappa shape index (κ2) is 9.30. The lowest BCUT2D eigenvalue weighted by Gasteiger charge is -2.22. The summed E-state index contributed by atoms with van der Waals surface area (Å²) in [7, 11) is 0. The van der Waals surface area contributed by atoms with Crippen LogP contribution in [0.4, 0.5) is 0 Å². The van der Waals surface area contributed by atoms with E-state index in [1.807, 2.05) is 0 Å². The van der Waals surface area contributed by atoms with E-state index >= 15 is 0 Å². The second-order valence-corrected chi connectivity index (χ2v) is 6.87. The van der Waals surface area contributed by atoms with Crippen LogP contribution in [-0.2, 0) is 4.74 Å². The molecule has 0 aromatic carbocycles. The monoisotopic (exact) mass is 421 g/mol. The molecule has 5 heteroatoms. The summed E-state index contributed by atoms with van der Waals surface area (Å²) in [6.45, 7) is 7.42.